The van der Waals surface area contributed by atoms with Crippen LogP contribution >= 0.6 is 0 Å². The van der Waals surface area contributed by atoms with Crippen molar-refractivity contribution in [2.24, 2.45) is 4.99 Å². The summed E-state index contributed by atoms with van der Waals surface area (Å²) >= 11 is 0. The van der Waals surface area contributed by atoms with Crippen molar-refractivity contribution >= 4 is 29.5 Å². The van der Waals surface area contributed by atoms with Crippen LogP contribution < -0.4 is 10.2 Å². The van der Waals surface area contributed by atoms with Crippen molar-refractivity contribution < 1.29 is 9.59 Å². The lowest BCUT2D eigenvalue weighted by molar-refractivity contribution is -0.118. The number of amides is 3. The molecule has 2 aromatic rings. The Kier molecular flexibility index (Phi) is 3.70. The summed E-state index contributed by atoms with van der Waals surface area (Å²) < 4.78 is 0. The molecule has 0 aliphatic carbocycles. The smallest absolute Gasteiger partial charge is 0.277 e. The molecule has 1 aliphatic rings. The summed E-state index contributed by atoms with van der Waals surface area (Å²) in [5.74, 6) is -0.371. The Hall–Kier alpha value is -2.95. The second-order valence-corrected chi connectivity index (χ2v) is 5.06. The van der Waals surface area contributed by atoms with Crippen LogP contribution in [0.5, 0.6) is 0 Å². The fourth-order valence-electron chi connectivity index (χ4n) is 2.27. The molecule has 1 atom stereocenters. The minimum Gasteiger partial charge on any atom is -0.277 e. The average molecular weight is 293 g/mol. The Morgan fingerprint density at radius 3 is 2.41 bits per heavy atom. The first-order valence-electron chi connectivity index (χ1n) is 6.95. The summed E-state index contributed by atoms with van der Waals surface area (Å²) in [6.07, 6.45) is 1.50. The maximum Gasteiger partial charge on any atom is 0.329 e. The number of aliphatic imine (C=N–C) groups is 1. The molecule has 5 heteroatoms. The van der Waals surface area contributed by atoms with Crippen LogP contribution in [0, 0.1) is 6.92 Å². The first kappa shape index (κ1) is 14.0. The molecule has 0 saturated carbocycles. The number of para-hydroxylation sites is 1. The van der Waals surface area contributed by atoms with Crippen molar-refractivity contribution in [3.8, 4) is 0 Å². The number of benzene rings is 2. The largest absolute Gasteiger partial charge is 0.329 e. The van der Waals surface area contributed by atoms with E-state index in [2.05, 4.69) is 10.3 Å². The normalized spacial score (nSPS) is 18.0. The molecule has 5 nitrogen and oxygen atoms in total. The predicted molar refractivity (Wildman–Crippen MR) is 85.6 cm³/mol. The van der Waals surface area contributed by atoms with Crippen LogP contribution in [0.2, 0.25) is 0 Å². The van der Waals surface area contributed by atoms with Gasteiger partial charge in [0.25, 0.3) is 5.91 Å². The molecule has 0 aromatic heterocycles. The molecule has 1 saturated heterocycles. The molecule has 3 rings (SSSR count). The molecular weight excluding hydrogens is 278 g/mol. The lowest BCUT2D eigenvalue weighted by atomic mass is 10.2. The topological polar surface area (TPSA) is 61.8 Å². The van der Waals surface area contributed by atoms with Gasteiger partial charge in [0.15, 0.2) is 6.04 Å². The van der Waals surface area contributed by atoms with Gasteiger partial charge in [-0.15, -0.1) is 0 Å². The Bertz CT molecular complexity index is 723. The molecule has 22 heavy (non-hydrogen) atoms. The second kappa shape index (κ2) is 5.81. The maximum absolute atomic E-state index is 12.0. The summed E-state index contributed by atoms with van der Waals surface area (Å²) in [5, 5.41) is 2.32. The highest BCUT2D eigenvalue weighted by Gasteiger charge is 2.38. The van der Waals surface area contributed by atoms with E-state index >= 15 is 0 Å². The predicted octanol–water partition coefficient (Wildman–Crippen LogP) is 2.82. The van der Waals surface area contributed by atoms with Gasteiger partial charge in [-0.25, -0.2) is 4.79 Å². The van der Waals surface area contributed by atoms with Crippen LogP contribution in [0.4, 0.5) is 16.2 Å². The van der Waals surface area contributed by atoms with Crippen molar-refractivity contribution in [3.05, 3.63) is 60.2 Å². The Balaban J connectivity index is 1.88. The molecule has 1 aliphatic heterocycles. The van der Waals surface area contributed by atoms with Gasteiger partial charge in [-0.2, -0.15) is 0 Å². The van der Waals surface area contributed by atoms with Crippen molar-refractivity contribution in [1.29, 1.82) is 0 Å². The van der Waals surface area contributed by atoms with Crippen LogP contribution in [-0.2, 0) is 4.79 Å². The zero-order chi connectivity index (χ0) is 15.5. The van der Waals surface area contributed by atoms with Crippen LogP contribution in [0.1, 0.15) is 5.56 Å². The number of imide groups is 1. The van der Waals surface area contributed by atoms with E-state index in [1.807, 2.05) is 49.4 Å². The van der Waals surface area contributed by atoms with Crippen molar-refractivity contribution in [2.75, 3.05) is 4.90 Å². The van der Waals surface area contributed by atoms with Gasteiger partial charge in [-0.05, 0) is 31.2 Å². The number of urea groups is 1. The average Bonchev–Trinajstić information content (AvgIpc) is 2.81. The molecule has 1 N–H and O–H groups in total. The van der Waals surface area contributed by atoms with E-state index in [0.717, 1.165) is 11.3 Å². The number of aryl methyl sites for hydroxylation is 1. The monoisotopic (exact) mass is 293 g/mol. The third-order valence-corrected chi connectivity index (χ3v) is 3.43. The number of anilines is 1. The SMILES string of the molecule is Cc1ccc(N=CC2C(=O)NC(=O)N2c2ccccc2)cc1. The maximum atomic E-state index is 12.0. The van der Waals surface area contributed by atoms with Gasteiger partial charge in [-0.1, -0.05) is 35.9 Å². The third kappa shape index (κ3) is 2.74. The van der Waals surface area contributed by atoms with E-state index in [0.29, 0.717) is 5.69 Å². The number of carbonyl (C=O) groups is 2. The summed E-state index contributed by atoms with van der Waals surface area (Å²) in [5.41, 5.74) is 2.54. The Morgan fingerprint density at radius 1 is 1.05 bits per heavy atom. The van der Waals surface area contributed by atoms with E-state index < -0.39 is 12.1 Å². The molecular formula is C17H15N3O2. The molecule has 0 spiro atoms. The van der Waals surface area contributed by atoms with Gasteiger partial charge in [0, 0.05) is 11.9 Å². The summed E-state index contributed by atoms with van der Waals surface area (Å²) in [6, 6.07) is 15.5. The molecule has 0 bridgehead atoms. The molecule has 1 unspecified atom stereocenters. The second-order valence-electron chi connectivity index (χ2n) is 5.06. The lowest BCUT2D eigenvalue weighted by Gasteiger charge is -2.18. The first-order chi connectivity index (χ1) is 10.6. The number of hydrogen-bond acceptors (Lipinski definition) is 3. The highest BCUT2D eigenvalue weighted by Crippen LogP contribution is 2.21. The van der Waals surface area contributed by atoms with Gasteiger partial charge in [0.2, 0.25) is 0 Å². The number of nitrogens with zero attached hydrogens (tertiary/aromatic N) is 2. The van der Waals surface area contributed by atoms with E-state index in [1.165, 1.54) is 11.1 Å². The van der Waals surface area contributed by atoms with Gasteiger partial charge < -0.3 is 0 Å². The third-order valence-electron chi connectivity index (χ3n) is 3.43. The quantitative estimate of drug-likeness (QED) is 0.698. The summed E-state index contributed by atoms with van der Waals surface area (Å²) in [6.45, 7) is 1.99. The van der Waals surface area contributed by atoms with Crippen LogP contribution in [0.25, 0.3) is 0 Å². The lowest BCUT2D eigenvalue weighted by Crippen LogP contribution is -2.36. The number of nitrogens with one attached hydrogen (secondary N) is 1. The number of rotatable bonds is 3. The minimum absolute atomic E-state index is 0.371. The van der Waals surface area contributed by atoms with E-state index in [-0.39, 0.29) is 5.91 Å². The van der Waals surface area contributed by atoms with Gasteiger partial charge in [0.05, 0.1) is 5.69 Å². The zero-order valence-corrected chi connectivity index (χ0v) is 12.1. The van der Waals surface area contributed by atoms with Crippen molar-refractivity contribution in [1.82, 2.24) is 5.32 Å². The molecule has 2 aromatic carbocycles. The Labute approximate surface area is 128 Å². The summed E-state index contributed by atoms with van der Waals surface area (Å²) in [4.78, 5) is 29.7. The Morgan fingerprint density at radius 2 is 1.73 bits per heavy atom. The van der Waals surface area contributed by atoms with Gasteiger partial charge in [-0.3, -0.25) is 20.0 Å². The van der Waals surface area contributed by atoms with Crippen LogP contribution in [-0.4, -0.2) is 24.2 Å². The molecule has 1 heterocycles. The molecule has 3 amide bonds. The summed E-state index contributed by atoms with van der Waals surface area (Å²) in [7, 11) is 0. The first-order valence-corrected chi connectivity index (χ1v) is 6.95. The van der Waals surface area contributed by atoms with Gasteiger partial charge >= 0.3 is 6.03 Å². The highest BCUT2D eigenvalue weighted by molar-refractivity contribution is 6.21. The van der Waals surface area contributed by atoms with Crippen molar-refractivity contribution in [3.63, 3.8) is 0 Å². The van der Waals surface area contributed by atoms with E-state index in [4.69, 9.17) is 0 Å². The molecule has 0 radical (unpaired) electrons. The fourth-order valence-corrected chi connectivity index (χ4v) is 2.27. The van der Waals surface area contributed by atoms with Crippen molar-refractivity contribution in [2.45, 2.75) is 13.0 Å². The van der Waals surface area contributed by atoms with Crippen LogP contribution in [0.15, 0.2) is 59.6 Å². The number of hydrogen-bond donors (Lipinski definition) is 1. The molecule has 110 valence electrons. The highest BCUT2D eigenvalue weighted by atomic mass is 16.2. The molecule has 1 fully saturated rings. The standard InChI is InChI=1S/C17H15N3O2/c1-12-7-9-13(10-8-12)18-11-15-16(21)19-17(22)20(15)14-5-3-2-4-6-14/h2-11,15H,1H3,(H,19,21,22). The zero-order valence-electron chi connectivity index (χ0n) is 12.1. The van der Waals surface area contributed by atoms with E-state index in [1.54, 1.807) is 12.1 Å². The fraction of sp³-hybridized carbons (Fsp3) is 0.118. The van der Waals surface area contributed by atoms with E-state index in [9.17, 15) is 9.59 Å². The number of carbonyl (C=O) groups excluding carboxylic acids is 2. The minimum atomic E-state index is -0.740. The van der Waals surface area contributed by atoms with Gasteiger partial charge in [0.1, 0.15) is 0 Å². The van der Waals surface area contributed by atoms with Crippen LogP contribution in [0.3, 0.4) is 0 Å².